The number of rotatable bonds is 5. The third-order valence-electron chi connectivity index (χ3n) is 5.59. The zero-order valence-corrected chi connectivity index (χ0v) is 17.1. The highest BCUT2D eigenvalue weighted by Crippen LogP contribution is 2.32. The first kappa shape index (κ1) is 19.8. The van der Waals surface area contributed by atoms with Crippen LogP contribution in [0.1, 0.15) is 47.2 Å². The number of amides is 1. The Kier molecular flexibility index (Phi) is 5.88. The average Bonchev–Trinajstić information content (AvgIpc) is 2.80. The smallest absolute Gasteiger partial charge is 0.255 e. The maximum atomic E-state index is 12.5. The Morgan fingerprint density at radius 3 is 2.87 bits per heavy atom. The molecular formula is C23H26N6O. The van der Waals surface area contributed by atoms with Gasteiger partial charge in [-0.1, -0.05) is 19.1 Å². The van der Waals surface area contributed by atoms with Crippen molar-refractivity contribution in [1.82, 2.24) is 15.0 Å². The molecule has 0 aliphatic carbocycles. The molecule has 1 aliphatic rings. The predicted molar refractivity (Wildman–Crippen MR) is 119 cm³/mol. The predicted octanol–water partition coefficient (Wildman–Crippen LogP) is 3.65. The molecule has 3 N–H and O–H groups in total. The summed E-state index contributed by atoms with van der Waals surface area (Å²) >= 11 is 0. The van der Waals surface area contributed by atoms with Crippen LogP contribution in [0.15, 0.2) is 55.1 Å². The monoisotopic (exact) mass is 402 g/mol. The van der Waals surface area contributed by atoms with Crippen molar-refractivity contribution in [2.45, 2.75) is 32.1 Å². The van der Waals surface area contributed by atoms with Gasteiger partial charge >= 0.3 is 0 Å². The first-order valence-electron chi connectivity index (χ1n) is 10.3. The molecule has 0 radical (unpaired) electrons. The third kappa shape index (κ3) is 4.25. The van der Waals surface area contributed by atoms with Crippen molar-refractivity contribution in [3.8, 4) is 0 Å². The summed E-state index contributed by atoms with van der Waals surface area (Å²) in [4.78, 5) is 27.4. The van der Waals surface area contributed by atoms with Crippen molar-refractivity contribution >= 4 is 23.2 Å². The summed E-state index contributed by atoms with van der Waals surface area (Å²) in [6.45, 7) is 3.90. The summed E-state index contributed by atoms with van der Waals surface area (Å²) in [5, 5.41) is 2.99. The van der Waals surface area contributed by atoms with E-state index in [-0.39, 0.29) is 5.91 Å². The van der Waals surface area contributed by atoms with Crippen LogP contribution in [0.2, 0.25) is 0 Å². The second kappa shape index (κ2) is 8.90. The number of pyridine rings is 1. The van der Waals surface area contributed by atoms with E-state index in [0.717, 1.165) is 49.4 Å². The molecule has 30 heavy (non-hydrogen) atoms. The first-order valence-corrected chi connectivity index (χ1v) is 10.3. The molecule has 1 aromatic carbocycles. The molecule has 1 unspecified atom stereocenters. The lowest BCUT2D eigenvalue weighted by molar-refractivity contribution is 0.102. The number of hydrogen-bond acceptors (Lipinski definition) is 6. The van der Waals surface area contributed by atoms with Crippen molar-refractivity contribution < 1.29 is 4.79 Å². The Labute approximate surface area is 176 Å². The minimum absolute atomic E-state index is 0.135. The van der Waals surface area contributed by atoms with Gasteiger partial charge in [0.05, 0.1) is 0 Å². The van der Waals surface area contributed by atoms with Crippen LogP contribution in [0.25, 0.3) is 0 Å². The second-order valence-electron chi connectivity index (χ2n) is 7.52. The zero-order chi connectivity index (χ0) is 20.9. The van der Waals surface area contributed by atoms with Gasteiger partial charge in [-0.05, 0) is 49.1 Å². The highest BCUT2D eigenvalue weighted by atomic mass is 16.1. The van der Waals surface area contributed by atoms with Gasteiger partial charge in [0.15, 0.2) is 0 Å². The van der Waals surface area contributed by atoms with E-state index in [1.54, 1.807) is 30.9 Å². The van der Waals surface area contributed by atoms with Crippen LogP contribution in [-0.4, -0.2) is 33.9 Å². The van der Waals surface area contributed by atoms with Crippen LogP contribution >= 0.6 is 0 Å². The summed E-state index contributed by atoms with van der Waals surface area (Å²) in [7, 11) is 0. The van der Waals surface area contributed by atoms with Crippen molar-refractivity contribution in [3.05, 3.63) is 71.8 Å². The molecule has 7 heteroatoms. The molecule has 1 saturated heterocycles. The molecule has 4 rings (SSSR count). The normalized spacial score (nSPS) is 16.3. The maximum Gasteiger partial charge on any atom is 0.255 e. The Morgan fingerprint density at radius 1 is 1.23 bits per heavy atom. The fourth-order valence-electron chi connectivity index (χ4n) is 4.05. The van der Waals surface area contributed by atoms with E-state index in [1.165, 1.54) is 5.56 Å². The number of nitrogens with zero attached hydrogens (tertiary/aromatic N) is 4. The molecule has 0 saturated carbocycles. The van der Waals surface area contributed by atoms with Crippen LogP contribution in [0.3, 0.4) is 0 Å². The zero-order valence-electron chi connectivity index (χ0n) is 17.1. The Morgan fingerprint density at radius 2 is 2.07 bits per heavy atom. The molecule has 1 fully saturated rings. The highest BCUT2D eigenvalue weighted by molar-refractivity contribution is 6.04. The van der Waals surface area contributed by atoms with E-state index < -0.39 is 0 Å². The molecule has 3 aromatic rings. The summed E-state index contributed by atoms with van der Waals surface area (Å²) in [6, 6.07) is 11.5. The largest absolute Gasteiger partial charge is 0.383 e. The number of nitrogen functional groups attached to an aromatic ring is 1. The van der Waals surface area contributed by atoms with Crippen LogP contribution in [0.4, 0.5) is 17.3 Å². The SMILES string of the molecule is CCc1c(N)ncnc1N1CCCC(c2cccc(NC(=O)c3ccncc3)c2)C1. The average molecular weight is 403 g/mol. The summed E-state index contributed by atoms with van der Waals surface area (Å²) < 4.78 is 0. The van der Waals surface area contributed by atoms with Gasteiger partial charge in [0, 0.05) is 48.2 Å². The van der Waals surface area contributed by atoms with Gasteiger partial charge in [-0.25, -0.2) is 9.97 Å². The molecule has 2 aromatic heterocycles. The summed E-state index contributed by atoms with van der Waals surface area (Å²) in [5.74, 6) is 1.73. The van der Waals surface area contributed by atoms with Crippen LogP contribution in [-0.2, 0) is 6.42 Å². The van der Waals surface area contributed by atoms with E-state index in [1.807, 2.05) is 12.1 Å². The number of nitrogens with one attached hydrogen (secondary N) is 1. The number of hydrogen-bond donors (Lipinski definition) is 2. The quantitative estimate of drug-likeness (QED) is 0.676. The Bertz CT molecular complexity index is 1020. The van der Waals surface area contributed by atoms with Gasteiger partial charge < -0.3 is 16.0 Å². The Balaban J connectivity index is 1.51. The molecule has 0 spiro atoms. The number of piperidine rings is 1. The van der Waals surface area contributed by atoms with E-state index in [0.29, 0.717) is 17.3 Å². The van der Waals surface area contributed by atoms with Crippen molar-refractivity contribution in [3.63, 3.8) is 0 Å². The maximum absolute atomic E-state index is 12.5. The van der Waals surface area contributed by atoms with Gasteiger partial charge in [0.1, 0.15) is 18.0 Å². The molecule has 0 bridgehead atoms. The van der Waals surface area contributed by atoms with E-state index in [4.69, 9.17) is 5.73 Å². The van der Waals surface area contributed by atoms with E-state index in [2.05, 4.69) is 44.2 Å². The fourth-order valence-corrected chi connectivity index (χ4v) is 4.05. The van der Waals surface area contributed by atoms with Gasteiger partial charge in [-0.15, -0.1) is 0 Å². The fraction of sp³-hybridized carbons (Fsp3) is 0.304. The Hall–Kier alpha value is -3.48. The molecule has 1 aliphatic heterocycles. The van der Waals surface area contributed by atoms with Gasteiger partial charge in [-0.2, -0.15) is 0 Å². The molecule has 7 nitrogen and oxygen atoms in total. The van der Waals surface area contributed by atoms with Gasteiger partial charge in [-0.3, -0.25) is 9.78 Å². The van der Waals surface area contributed by atoms with E-state index >= 15 is 0 Å². The minimum atomic E-state index is -0.135. The number of anilines is 3. The number of aromatic nitrogens is 3. The lowest BCUT2D eigenvalue weighted by Gasteiger charge is -2.35. The third-order valence-corrected chi connectivity index (χ3v) is 5.59. The van der Waals surface area contributed by atoms with Crippen LogP contribution < -0.4 is 16.0 Å². The number of carbonyl (C=O) groups is 1. The topological polar surface area (TPSA) is 97.0 Å². The van der Waals surface area contributed by atoms with Gasteiger partial charge in [0.2, 0.25) is 0 Å². The van der Waals surface area contributed by atoms with Crippen LogP contribution in [0, 0.1) is 0 Å². The number of benzene rings is 1. The lowest BCUT2D eigenvalue weighted by atomic mass is 9.90. The summed E-state index contributed by atoms with van der Waals surface area (Å²) in [6.07, 6.45) is 7.76. The number of carbonyl (C=O) groups excluding carboxylic acids is 1. The molecule has 1 atom stereocenters. The molecule has 3 heterocycles. The lowest BCUT2D eigenvalue weighted by Crippen LogP contribution is -2.35. The highest BCUT2D eigenvalue weighted by Gasteiger charge is 2.24. The minimum Gasteiger partial charge on any atom is -0.383 e. The number of nitrogens with two attached hydrogens (primary N) is 1. The standard InChI is InChI=1S/C23H26N6O/c1-2-20-21(24)26-15-27-22(20)29-12-4-6-18(14-29)17-5-3-7-19(13-17)28-23(30)16-8-10-25-11-9-16/h3,5,7-11,13,15,18H,2,4,6,12,14H2,1H3,(H,28,30)(H2,24,26,27). The molecular weight excluding hydrogens is 376 g/mol. The van der Waals surface area contributed by atoms with E-state index in [9.17, 15) is 4.79 Å². The summed E-state index contributed by atoms with van der Waals surface area (Å²) in [5.41, 5.74) is 9.69. The second-order valence-corrected chi connectivity index (χ2v) is 7.52. The van der Waals surface area contributed by atoms with Gasteiger partial charge in [0.25, 0.3) is 5.91 Å². The van der Waals surface area contributed by atoms with Crippen molar-refractivity contribution in [2.24, 2.45) is 0 Å². The van der Waals surface area contributed by atoms with Crippen molar-refractivity contribution in [2.75, 3.05) is 29.0 Å². The van der Waals surface area contributed by atoms with Crippen LogP contribution in [0.5, 0.6) is 0 Å². The molecule has 1 amide bonds. The molecule has 154 valence electrons. The van der Waals surface area contributed by atoms with Crippen molar-refractivity contribution in [1.29, 1.82) is 0 Å². The first-order chi connectivity index (χ1) is 14.7.